The second-order valence-electron chi connectivity index (χ2n) is 9.15. The fraction of sp³-hybridized carbons (Fsp3) is 0.583. The number of allylic oxidation sites excluding steroid dienone is 2. The van der Waals surface area contributed by atoms with Crippen LogP contribution >= 0.6 is 0 Å². The molecule has 2 heterocycles. The van der Waals surface area contributed by atoms with E-state index in [9.17, 15) is 14.0 Å². The lowest BCUT2D eigenvalue weighted by Gasteiger charge is -2.42. The molecule has 1 aliphatic carbocycles. The first-order valence-electron chi connectivity index (χ1n) is 11.1. The number of halogens is 1. The quantitative estimate of drug-likeness (QED) is 0.760. The first kappa shape index (κ1) is 21.0. The summed E-state index contributed by atoms with van der Waals surface area (Å²) in [6.45, 7) is 7.77. The second-order valence-corrected chi connectivity index (χ2v) is 9.15. The molecule has 0 aromatic heterocycles. The van der Waals surface area contributed by atoms with Crippen LogP contribution in [0, 0.1) is 5.82 Å². The summed E-state index contributed by atoms with van der Waals surface area (Å²) in [7, 11) is 0. The van der Waals surface area contributed by atoms with Gasteiger partial charge in [-0.15, -0.1) is 0 Å². The lowest BCUT2D eigenvalue weighted by molar-refractivity contribution is -0.126. The van der Waals surface area contributed by atoms with Crippen molar-refractivity contribution in [2.45, 2.75) is 77.4 Å². The first-order chi connectivity index (χ1) is 14.3. The third-order valence-electron chi connectivity index (χ3n) is 7.04. The third-order valence-corrected chi connectivity index (χ3v) is 7.04. The van der Waals surface area contributed by atoms with Crippen LogP contribution in [0.25, 0.3) is 0 Å². The van der Waals surface area contributed by atoms with Gasteiger partial charge in [0.1, 0.15) is 11.9 Å². The number of hydrogen-bond acceptors (Lipinski definition) is 3. The topological polar surface area (TPSA) is 52.7 Å². The van der Waals surface area contributed by atoms with E-state index in [4.69, 9.17) is 0 Å². The van der Waals surface area contributed by atoms with Crippen LogP contribution in [0.1, 0.15) is 70.9 Å². The number of anilines is 1. The van der Waals surface area contributed by atoms with Crippen LogP contribution in [-0.2, 0) is 9.59 Å². The Balaban J connectivity index is 1.44. The Morgan fingerprint density at radius 2 is 1.70 bits per heavy atom. The van der Waals surface area contributed by atoms with Crippen molar-refractivity contribution in [3.8, 4) is 0 Å². The number of nitrogens with one attached hydrogen (secondary N) is 1. The predicted molar refractivity (Wildman–Crippen MR) is 116 cm³/mol. The molecule has 0 spiro atoms. The number of carbonyl (C=O) groups is 2. The highest BCUT2D eigenvalue weighted by Gasteiger charge is 2.42. The smallest absolute Gasteiger partial charge is 0.254 e. The molecule has 1 unspecified atom stereocenters. The predicted octanol–water partition coefficient (Wildman–Crippen LogP) is 4.09. The van der Waals surface area contributed by atoms with Gasteiger partial charge in [0.2, 0.25) is 5.91 Å². The van der Waals surface area contributed by atoms with Gasteiger partial charge in [-0.2, -0.15) is 0 Å². The van der Waals surface area contributed by atoms with Crippen molar-refractivity contribution in [1.29, 1.82) is 0 Å². The normalized spacial score (nSPS) is 25.4. The largest absolute Gasteiger partial charge is 0.341 e. The van der Waals surface area contributed by atoms with Crippen LogP contribution in [0.15, 0.2) is 29.3 Å². The molecule has 0 radical (unpaired) electrons. The molecule has 2 aliphatic heterocycles. The number of benzene rings is 1. The van der Waals surface area contributed by atoms with Gasteiger partial charge < -0.3 is 15.1 Å². The van der Waals surface area contributed by atoms with E-state index in [2.05, 4.69) is 24.1 Å². The minimum absolute atomic E-state index is 0.0913. The van der Waals surface area contributed by atoms with Crippen molar-refractivity contribution in [2.24, 2.45) is 0 Å². The zero-order valence-corrected chi connectivity index (χ0v) is 18.2. The minimum Gasteiger partial charge on any atom is -0.341 e. The zero-order chi connectivity index (χ0) is 21.4. The Morgan fingerprint density at radius 1 is 1.03 bits per heavy atom. The Kier molecular flexibility index (Phi) is 5.96. The van der Waals surface area contributed by atoms with Gasteiger partial charge in [0.15, 0.2) is 0 Å². The standard InChI is InChI=1S/C24H32FN3O2/c1-15(2)17-4-7-19(8-5-17)27-12-10-20(11-13-27)28-22-9-6-18(25)14-21(22)23(24(28)30)26-16(3)29/h6,9,14,19-20,23H,4-5,7-8,10-13H2,1-3H3,(H,26,29). The van der Waals surface area contributed by atoms with E-state index >= 15 is 0 Å². The number of amides is 2. The van der Waals surface area contributed by atoms with Gasteiger partial charge in [-0.05, 0) is 70.6 Å². The van der Waals surface area contributed by atoms with Gasteiger partial charge in [0, 0.05) is 37.7 Å². The fourth-order valence-corrected chi connectivity index (χ4v) is 5.41. The van der Waals surface area contributed by atoms with Crippen molar-refractivity contribution in [3.05, 3.63) is 40.7 Å². The van der Waals surface area contributed by atoms with Crippen molar-refractivity contribution < 1.29 is 14.0 Å². The Bertz CT molecular complexity index is 859. The summed E-state index contributed by atoms with van der Waals surface area (Å²) in [6, 6.07) is 4.40. The molecular weight excluding hydrogens is 381 g/mol. The van der Waals surface area contributed by atoms with Crippen molar-refractivity contribution >= 4 is 17.5 Å². The van der Waals surface area contributed by atoms with E-state index in [0.717, 1.165) is 31.6 Å². The summed E-state index contributed by atoms with van der Waals surface area (Å²) in [5, 5.41) is 2.71. The van der Waals surface area contributed by atoms with Crippen molar-refractivity contribution in [3.63, 3.8) is 0 Å². The molecule has 5 nitrogen and oxygen atoms in total. The van der Waals surface area contributed by atoms with Crippen LogP contribution in [0.3, 0.4) is 0 Å². The molecule has 162 valence electrons. The number of carbonyl (C=O) groups excluding carboxylic acids is 2. The Hall–Kier alpha value is -2.21. The first-order valence-corrected chi connectivity index (χ1v) is 11.1. The van der Waals surface area contributed by atoms with Gasteiger partial charge in [-0.3, -0.25) is 9.59 Å². The third kappa shape index (κ3) is 4.02. The van der Waals surface area contributed by atoms with E-state index in [-0.39, 0.29) is 23.7 Å². The number of rotatable bonds is 3. The summed E-state index contributed by atoms with van der Waals surface area (Å²) in [5.41, 5.74) is 4.41. The lowest BCUT2D eigenvalue weighted by Crippen LogP contribution is -2.50. The molecule has 3 aliphatic rings. The molecule has 2 amide bonds. The molecule has 1 aromatic carbocycles. The minimum atomic E-state index is -0.785. The SMILES string of the molecule is CC(=O)NC1C(=O)N(C2CCN(C3CCC(=C(C)C)CC3)CC2)c2ccc(F)cc21. The molecular formula is C24H32FN3O2. The van der Waals surface area contributed by atoms with Gasteiger partial charge in [-0.1, -0.05) is 11.1 Å². The van der Waals surface area contributed by atoms with Crippen LogP contribution in [0.2, 0.25) is 0 Å². The van der Waals surface area contributed by atoms with Gasteiger partial charge in [-0.25, -0.2) is 4.39 Å². The summed E-state index contributed by atoms with van der Waals surface area (Å²) < 4.78 is 13.9. The number of likely N-dealkylation sites (tertiary alicyclic amines) is 1. The number of piperidine rings is 1. The monoisotopic (exact) mass is 413 g/mol. The van der Waals surface area contributed by atoms with Crippen LogP contribution < -0.4 is 10.2 Å². The Labute approximate surface area is 178 Å². The highest BCUT2D eigenvalue weighted by atomic mass is 19.1. The highest BCUT2D eigenvalue weighted by molar-refractivity contribution is 6.06. The molecule has 30 heavy (non-hydrogen) atoms. The molecule has 1 atom stereocenters. The number of hydrogen-bond donors (Lipinski definition) is 1. The second kappa shape index (κ2) is 8.50. The van der Waals surface area contributed by atoms with Crippen LogP contribution in [-0.4, -0.2) is 41.9 Å². The average molecular weight is 414 g/mol. The summed E-state index contributed by atoms with van der Waals surface area (Å²) in [6.07, 6.45) is 6.66. The maximum absolute atomic E-state index is 13.9. The van der Waals surface area contributed by atoms with E-state index in [1.54, 1.807) is 11.6 Å². The molecule has 1 aromatic rings. The maximum atomic E-state index is 13.9. The van der Waals surface area contributed by atoms with Crippen LogP contribution in [0.4, 0.5) is 10.1 Å². The van der Waals surface area contributed by atoms with Crippen molar-refractivity contribution in [2.75, 3.05) is 18.0 Å². The number of nitrogens with zero attached hydrogens (tertiary/aromatic N) is 2. The van der Waals surface area contributed by atoms with E-state index in [0.29, 0.717) is 11.6 Å². The van der Waals surface area contributed by atoms with Gasteiger partial charge in [0.25, 0.3) is 5.91 Å². The fourth-order valence-electron chi connectivity index (χ4n) is 5.41. The molecule has 1 N–H and O–H groups in total. The maximum Gasteiger partial charge on any atom is 0.254 e. The molecule has 1 saturated carbocycles. The Morgan fingerprint density at radius 3 is 2.30 bits per heavy atom. The lowest BCUT2D eigenvalue weighted by atomic mass is 9.86. The van der Waals surface area contributed by atoms with E-state index < -0.39 is 6.04 Å². The van der Waals surface area contributed by atoms with Gasteiger partial charge >= 0.3 is 0 Å². The molecule has 2 fully saturated rings. The number of fused-ring (bicyclic) bond motifs is 1. The summed E-state index contributed by atoms with van der Waals surface area (Å²) in [4.78, 5) is 29.2. The highest BCUT2D eigenvalue weighted by Crippen LogP contribution is 2.40. The molecule has 0 bridgehead atoms. The van der Waals surface area contributed by atoms with Gasteiger partial charge in [0.05, 0.1) is 5.69 Å². The molecule has 1 saturated heterocycles. The van der Waals surface area contributed by atoms with Crippen molar-refractivity contribution in [1.82, 2.24) is 10.2 Å². The zero-order valence-electron chi connectivity index (χ0n) is 18.2. The van der Waals surface area contributed by atoms with E-state index in [1.807, 2.05) is 4.90 Å². The average Bonchev–Trinajstić information content (AvgIpc) is 2.99. The summed E-state index contributed by atoms with van der Waals surface area (Å²) >= 11 is 0. The molecule has 6 heteroatoms. The van der Waals surface area contributed by atoms with Crippen LogP contribution in [0.5, 0.6) is 0 Å². The molecule has 4 rings (SSSR count). The van der Waals surface area contributed by atoms with E-state index in [1.165, 1.54) is 50.3 Å². The summed E-state index contributed by atoms with van der Waals surface area (Å²) in [5.74, 6) is -0.815.